The highest BCUT2D eigenvalue weighted by atomic mass is 35.5. The van der Waals surface area contributed by atoms with E-state index in [1.165, 1.54) is 0 Å². The van der Waals surface area contributed by atoms with Gasteiger partial charge in [-0.2, -0.15) is 0 Å². The first kappa shape index (κ1) is 7.55. The first-order valence-electron chi connectivity index (χ1n) is 3.65. The number of hydrogen-bond acceptors (Lipinski definition) is 2. The number of aryl methyl sites for hydroxylation is 2. The van der Waals surface area contributed by atoms with Gasteiger partial charge in [0.2, 0.25) is 5.78 Å². The van der Waals surface area contributed by atoms with Crippen LogP contribution in [-0.4, -0.2) is 14.4 Å². The Morgan fingerprint density at radius 3 is 2.92 bits per heavy atom. The molecule has 0 unspecified atom stereocenters. The van der Waals surface area contributed by atoms with E-state index in [2.05, 4.69) is 9.97 Å². The predicted octanol–water partition coefficient (Wildman–Crippen LogP) is 2.00. The van der Waals surface area contributed by atoms with E-state index in [0.717, 1.165) is 11.4 Å². The van der Waals surface area contributed by atoms with Crippen LogP contribution in [0.1, 0.15) is 11.4 Å². The SMILES string of the molecule is Cc1cc(C)n2c(Cl)cnc2n1. The predicted molar refractivity (Wildman–Crippen MR) is 47.5 cm³/mol. The zero-order valence-electron chi connectivity index (χ0n) is 6.87. The molecule has 3 nitrogen and oxygen atoms in total. The zero-order valence-corrected chi connectivity index (χ0v) is 7.63. The molecular formula is C8H8ClN3. The molecule has 0 aliphatic carbocycles. The number of aromatic nitrogens is 3. The Morgan fingerprint density at radius 2 is 2.17 bits per heavy atom. The van der Waals surface area contributed by atoms with Crippen LogP contribution in [0.3, 0.4) is 0 Å². The van der Waals surface area contributed by atoms with Crippen molar-refractivity contribution in [2.45, 2.75) is 13.8 Å². The molecule has 0 N–H and O–H groups in total. The van der Waals surface area contributed by atoms with Gasteiger partial charge in [-0.3, -0.25) is 4.40 Å². The van der Waals surface area contributed by atoms with Gasteiger partial charge < -0.3 is 0 Å². The molecule has 0 fully saturated rings. The molecular weight excluding hydrogens is 174 g/mol. The van der Waals surface area contributed by atoms with Crippen molar-refractivity contribution >= 4 is 17.4 Å². The standard InChI is InChI=1S/C8H8ClN3/c1-5-3-6(2)12-7(9)4-10-8(12)11-5/h3-4H,1-2H3. The van der Waals surface area contributed by atoms with E-state index in [1.54, 1.807) is 6.20 Å². The van der Waals surface area contributed by atoms with Crippen LogP contribution in [0.2, 0.25) is 5.15 Å². The summed E-state index contributed by atoms with van der Waals surface area (Å²) in [7, 11) is 0. The lowest BCUT2D eigenvalue weighted by molar-refractivity contribution is 1.01. The van der Waals surface area contributed by atoms with Crippen molar-refractivity contribution < 1.29 is 0 Å². The van der Waals surface area contributed by atoms with Gasteiger partial charge in [0.1, 0.15) is 5.15 Å². The third-order valence-corrected chi connectivity index (χ3v) is 2.01. The monoisotopic (exact) mass is 181 g/mol. The average Bonchev–Trinajstić information content (AvgIpc) is 2.31. The molecule has 2 heterocycles. The number of fused-ring (bicyclic) bond motifs is 1. The summed E-state index contributed by atoms with van der Waals surface area (Å²) < 4.78 is 1.81. The van der Waals surface area contributed by atoms with Crippen LogP contribution in [0.4, 0.5) is 0 Å². The molecule has 0 spiro atoms. The molecule has 0 aromatic carbocycles. The summed E-state index contributed by atoms with van der Waals surface area (Å²) >= 11 is 5.89. The van der Waals surface area contributed by atoms with Gasteiger partial charge in [0.25, 0.3) is 0 Å². The highest BCUT2D eigenvalue weighted by molar-refractivity contribution is 6.29. The fourth-order valence-electron chi connectivity index (χ4n) is 1.28. The zero-order chi connectivity index (χ0) is 8.72. The number of rotatable bonds is 0. The van der Waals surface area contributed by atoms with Crippen molar-refractivity contribution in [3.8, 4) is 0 Å². The van der Waals surface area contributed by atoms with Crippen molar-refractivity contribution in [3.05, 3.63) is 28.8 Å². The summed E-state index contributed by atoms with van der Waals surface area (Å²) in [6.07, 6.45) is 1.61. The van der Waals surface area contributed by atoms with Gasteiger partial charge in [-0.15, -0.1) is 0 Å². The third-order valence-electron chi connectivity index (χ3n) is 1.75. The van der Waals surface area contributed by atoms with E-state index in [9.17, 15) is 0 Å². The minimum Gasteiger partial charge on any atom is -0.272 e. The second-order valence-corrected chi connectivity index (χ2v) is 3.14. The van der Waals surface area contributed by atoms with Crippen molar-refractivity contribution in [2.75, 3.05) is 0 Å². The van der Waals surface area contributed by atoms with Gasteiger partial charge in [0.15, 0.2) is 0 Å². The van der Waals surface area contributed by atoms with Gasteiger partial charge >= 0.3 is 0 Å². The van der Waals surface area contributed by atoms with Gasteiger partial charge in [0.05, 0.1) is 6.20 Å². The Bertz CT molecular complexity index is 433. The molecule has 0 aliphatic heterocycles. The maximum atomic E-state index is 5.89. The molecule has 0 atom stereocenters. The highest BCUT2D eigenvalue weighted by Gasteiger charge is 2.04. The molecule has 0 radical (unpaired) electrons. The normalized spacial score (nSPS) is 10.9. The average molecular weight is 182 g/mol. The molecule has 0 saturated heterocycles. The van der Waals surface area contributed by atoms with Crippen LogP contribution in [0.5, 0.6) is 0 Å². The Hall–Kier alpha value is -1.09. The lowest BCUT2D eigenvalue weighted by Crippen LogP contribution is -1.95. The van der Waals surface area contributed by atoms with Crippen LogP contribution >= 0.6 is 11.6 Å². The highest BCUT2D eigenvalue weighted by Crippen LogP contribution is 2.13. The maximum absolute atomic E-state index is 5.89. The maximum Gasteiger partial charge on any atom is 0.235 e. The minimum absolute atomic E-state index is 0.606. The molecule has 62 valence electrons. The van der Waals surface area contributed by atoms with Crippen molar-refractivity contribution in [2.24, 2.45) is 0 Å². The molecule has 2 aromatic rings. The van der Waals surface area contributed by atoms with E-state index < -0.39 is 0 Å². The van der Waals surface area contributed by atoms with E-state index in [-0.39, 0.29) is 0 Å². The fourth-order valence-corrected chi connectivity index (χ4v) is 1.54. The summed E-state index contributed by atoms with van der Waals surface area (Å²) in [6.45, 7) is 3.92. The van der Waals surface area contributed by atoms with Crippen LogP contribution in [0, 0.1) is 13.8 Å². The quantitative estimate of drug-likeness (QED) is 0.622. The van der Waals surface area contributed by atoms with Gasteiger partial charge in [-0.25, -0.2) is 9.97 Å². The summed E-state index contributed by atoms with van der Waals surface area (Å²) in [6, 6.07) is 1.97. The number of halogens is 1. The molecule has 12 heavy (non-hydrogen) atoms. The van der Waals surface area contributed by atoms with E-state index in [0.29, 0.717) is 10.9 Å². The molecule has 4 heteroatoms. The van der Waals surface area contributed by atoms with Crippen LogP contribution in [0.15, 0.2) is 12.3 Å². The van der Waals surface area contributed by atoms with E-state index >= 15 is 0 Å². The largest absolute Gasteiger partial charge is 0.272 e. The summed E-state index contributed by atoms with van der Waals surface area (Å²) in [5, 5.41) is 0.606. The van der Waals surface area contributed by atoms with Gasteiger partial charge in [-0.05, 0) is 19.9 Å². The molecule has 0 amide bonds. The van der Waals surface area contributed by atoms with Gasteiger partial charge in [-0.1, -0.05) is 11.6 Å². The lowest BCUT2D eigenvalue weighted by atomic mass is 10.3. The number of nitrogens with zero attached hydrogens (tertiary/aromatic N) is 3. The van der Waals surface area contributed by atoms with Crippen LogP contribution in [-0.2, 0) is 0 Å². The summed E-state index contributed by atoms with van der Waals surface area (Å²) in [4.78, 5) is 8.28. The third kappa shape index (κ3) is 0.975. The number of imidazole rings is 1. The van der Waals surface area contributed by atoms with E-state index in [1.807, 2.05) is 24.3 Å². The Balaban J connectivity index is 2.93. The van der Waals surface area contributed by atoms with E-state index in [4.69, 9.17) is 11.6 Å². The topological polar surface area (TPSA) is 30.2 Å². The molecule has 0 aliphatic rings. The Morgan fingerprint density at radius 1 is 1.42 bits per heavy atom. The molecule has 0 saturated carbocycles. The first-order valence-corrected chi connectivity index (χ1v) is 4.03. The second kappa shape index (κ2) is 2.45. The molecule has 0 bridgehead atoms. The molecule has 2 aromatic heterocycles. The van der Waals surface area contributed by atoms with Crippen molar-refractivity contribution in [3.63, 3.8) is 0 Å². The Labute approximate surface area is 75.0 Å². The van der Waals surface area contributed by atoms with Crippen LogP contribution in [0.25, 0.3) is 5.78 Å². The summed E-state index contributed by atoms with van der Waals surface area (Å²) in [5.41, 5.74) is 2.02. The smallest absolute Gasteiger partial charge is 0.235 e. The van der Waals surface area contributed by atoms with Gasteiger partial charge in [0, 0.05) is 11.4 Å². The first-order chi connectivity index (χ1) is 5.68. The Kier molecular flexibility index (Phi) is 1.54. The lowest BCUT2D eigenvalue weighted by Gasteiger charge is -2.00. The number of hydrogen-bond donors (Lipinski definition) is 0. The molecule has 2 rings (SSSR count). The van der Waals surface area contributed by atoms with Crippen molar-refractivity contribution in [1.29, 1.82) is 0 Å². The fraction of sp³-hybridized carbons (Fsp3) is 0.250. The minimum atomic E-state index is 0.606. The summed E-state index contributed by atoms with van der Waals surface area (Å²) in [5.74, 6) is 0.664. The van der Waals surface area contributed by atoms with Crippen LogP contribution < -0.4 is 0 Å². The second-order valence-electron chi connectivity index (χ2n) is 2.76. The van der Waals surface area contributed by atoms with Crippen molar-refractivity contribution in [1.82, 2.24) is 14.4 Å².